The lowest BCUT2D eigenvalue weighted by Crippen LogP contribution is -2.09. The van der Waals surface area contributed by atoms with Crippen LogP contribution >= 0.6 is 11.6 Å². The Balaban J connectivity index is 1.73. The Morgan fingerprint density at radius 3 is 2.58 bits per heavy atom. The van der Waals surface area contributed by atoms with Gasteiger partial charge >= 0.3 is 5.97 Å². The Morgan fingerprint density at radius 1 is 1.19 bits per heavy atom. The highest BCUT2D eigenvalue weighted by Crippen LogP contribution is 2.27. The van der Waals surface area contributed by atoms with Crippen LogP contribution in [-0.4, -0.2) is 28.4 Å². The standard InChI is InChI=1S/C18H15ClN2O5/c1-10(25-18(23)14-8-5-12(19)9-15(14)22)16-20-21-17(26-16)11-3-6-13(24-2)7-4-11/h3-10,22H,1-2H3. The van der Waals surface area contributed by atoms with Gasteiger partial charge in [0, 0.05) is 10.6 Å². The van der Waals surface area contributed by atoms with Gasteiger partial charge in [-0.1, -0.05) is 11.6 Å². The van der Waals surface area contributed by atoms with Crippen LogP contribution in [0.15, 0.2) is 46.9 Å². The lowest BCUT2D eigenvalue weighted by molar-refractivity contribution is 0.0277. The first kappa shape index (κ1) is 17.8. The van der Waals surface area contributed by atoms with Gasteiger partial charge in [0.2, 0.25) is 5.89 Å². The van der Waals surface area contributed by atoms with E-state index in [0.29, 0.717) is 22.2 Å². The summed E-state index contributed by atoms with van der Waals surface area (Å²) in [4.78, 5) is 12.2. The minimum atomic E-state index is -0.794. The van der Waals surface area contributed by atoms with E-state index < -0.39 is 12.1 Å². The van der Waals surface area contributed by atoms with Crippen molar-refractivity contribution in [3.63, 3.8) is 0 Å². The number of hydrogen-bond acceptors (Lipinski definition) is 7. The summed E-state index contributed by atoms with van der Waals surface area (Å²) >= 11 is 5.75. The number of nitrogens with zero attached hydrogens (tertiary/aromatic N) is 2. The van der Waals surface area contributed by atoms with Crippen molar-refractivity contribution in [1.82, 2.24) is 10.2 Å². The van der Waals surface area contributed by atoms with Gasteiger partial charge in [-0.05, 0) is 49.4 Å². The molecule has 0 radical (unpaired) electrons. The fourth-order valence-electron chi connectivity index (χ4n) is 2.20. The summed E-state index contributed by atoms with van der Waals surface area (Å²) in [6.07, 6.45) is -0.794. The predicted octanol–water partition coefficient (Wildman–Crippen LogP) is 4.02. The van der Waals surface area contributed by atoms with E-state index in [0.717, 1.165) is 0 Å². The average molecular weight is 375 g/mol. The Morgan fingerprint density at radius 2 is 1.92 bits per heavy atom. The smallest absolute Gasteiger partial charge is 0.342 e. The average Bonchev–Trinajstić information content (AvgIpc) is 3.12. The number of carbonyl (C=O) groups is 1. The van der Waals surface area contributed by atoms with Gasteiger partial charge in [0.05, 0.1) is 7.11 Å². The zero-order chi connectivity index (χ0) is 18.7. The van der Waals surface area contributed by atoms with Gasteiger partial charge < -0.3 is 19.0 Å². The number of methoxy groups -OCH3 is 1. The van der Waals surface area contributed by atoms with Crippen molar-refractivity contribution in [2.45, 2.75) is 13.0 Å². The summed E-state index contributed by atoms with van der Waals surface area (Å²) in [5.41, 5.74) is 0.703. The molecule has 1 heterocycles. The molecule has 0 bridgehead atoms. The molecular formula is C18H15ClN2O5. The van der Waals surface area contributed by atoms with Gasteiger partial charge in [0.25, 0.3) is 5.89 Å². The van der Waals surface area contributed by atoms with Crippen molar-refractivity contribution in [3.05, 3.63) is 58.9 Å². The summed E-state index contributed by atoms with van der Waals surface area (Å²) in [7, 11) is 1.58. The molecule has 0 spiro atoms. The number of halogens is 1. The normalized spacial score (nSPS) is 11.8. The number of esters is 1. The van der Waals surface area contributed by atoms with E-state index in [-0.39, 0.29) is 17.2 Å². The van der Waals surface area contributed by atoms with Gasteiger partial charge in [-0.2, -0.15) is 0 Å². The third-order valence-electron chi connectivity index (χ3n) is 3.59. The number of aromatic hydroxyl groups is 1. The quantitative estimate of drug-likeness (QED) is 0.674. The monoisotopic (exact) mass is 374 g/mol. The van der Waals surface area contributed by atoms with E-state index in [1.165, 1.54) is 18.2 Å². The molecular weight excluding hydrogens is 360 g/mol. The van der Waals surface area contributed by atoms with Crippen LogP contribution in [0.1, 0.15) is 29.3 Å². The maximum atomic E-state index is 12.2. The summed E-state index contributed by atoms with van der Waals surface area (Å²) in [5, 5.41) is 18.0. The number of hydrogen-bond donors (Lipinski definition) is 1. The van der Waals surface area contributed by atoms with Crippen LogP contribution in [0, 0.1) is 0 Å². The number of benzene rings is 2. The van der Waals surface area contributed by atoms with E-state index in [4.69, 9.17) is 25.5 Å². The summed E-state index contributed by atoms with van der Waals surface area (Å²) in [6, 6.07) is 11.2. The van der Waals surface area contributed by atoms with Crippen LogP contribution in [-0.2, 0) is 4.74 Å². The molecule has 2 aromatic carbocycles. The third kappa shape index (κ3) is 3.78. The minimum absolute atomic E-state index is 0.00357. The van der Waals surface area contributed by atoms with Crippen LogP contribution < -0.4 is 4.74 Å². The molecule has 8 heteroatoms. The van der Waals surface area contributed by atoms with Gasteiger partial charge in [-0.15, -0.1) is 10.2 Å². The second-order valence-corrected chi connectivity index (χ2v) is 5.82. The van der Waals surface area contributed by atoms with Crippen LogP contribution in [0.5, 0.6) is 11.5 Å². The van der Waals surface area contributed by atoms with Gasteiger partial charge in [0.1, 0.15) is 17.1 Å². The second kappa shape index (κ2) is 7.45. The van der Waals surface area contributed by atoms with Crippen LogP contribution in [0.25, 0.3) is 11.5 Å². The Bertz CT molecular complexity index is 924. The van der Waals surface area contributed by atoms with Crippen LogP contribution in [0.4, 0.5) is 0 Å². The zero-order valence-electron chi connectivity index (χ0n) is 14.0. The van der Waals surface area contributed by atoms with Crippen molar-refractivity contribution < 1.29 is 23.8 Å². The van der Waals surface area contributed by atoms with Gasteiger partial charge in [-0.25, -0.2) is 4.79 Å². The zero-order valence-corrected chi connectivity index (χ0v) is 14.7. The number of carbonyl (C=O) groups excluding carboxylic acids is 1. The molecule has 134 valence electrons. The van der Waals surface area contributed by atoms with E-state index in [2.05, 4.69) is 10.2 Å². The topological polar surface area (TPSA) is 94.7 Å². The van der Waals surface area contributed by atoms with Crippen LogP contribution in [0.2, 0.25) is 5.02 Å². The van der Waals surface area contributed by atoms with Crippen molar-refractivity contribution in [3.8, 4) is 23.0 Å². The largest absolute Gasteiger partial charge is 0.507 e. The van der Waals surface area contributed by atoms with Gasteiger partial charge in [-0.3, -0.25) is 0 Å². The maximum absolute atomic E-state index is 12.2. The molecule has 1 unspecified atom stereocenters. The molecule has 0 saturated carbocycles. The molecule has 0 aliphatic heterocycles. The van der Waals surface area contributed by atoms with E-state index in [1.54, 1.807) is 38.3 Å². The molecule has 1 N–H and O–H groups in total. The number of phenols is 1. The summed E-state index contributed by atoms with van der Waals surface area (Å²) in [6.45, 7) is 1.59. The lowest BCUT2D eigenvalue weighted by atomic mass is 10.2. The lowest BCUT2D eigenvalue weighted by Gasteiger charge is -2.10. The van der Waals surface area contributed by atoms with Gasteiger partial charge in [0.15, 0.2) is 6.10 Å². The highest BCUT2D eigenvalue weighted by Gasteiger charge is 2.21. The maximum Gasteiger partial charge on any atom is 0.342 e. The SMILES string of the molecule is COc1ccc(-c2nnc(C(C)OC(=O)c3ccc(Cl)cc3O)o2)cc1. The molecule has 1 atom stereocenters. The molecule has 0 fully saturated rings. The highest BCUT2D eigenvalue weighted by atomic mass is 35.5. The number of aromatic nitrogens is 2. The first-order chi connectivity index (χ1) is 12.5. The first-order valence-electron chi connectivity index (χ1n) is 7.65. The van der Waals surface area contributed by atoms with E-state index in [9.17, 15) is 9.90 Å². The predicted molar refractivity (Wildman–Crippen MR) is 93.2 cm³/mol. The van der Waals surface area contributed by atoms with E-state index >= 15 is 0 Å². The molecule has 3 rings (SSSR count). The molecule has 3 aromatic rings. The number of phenolic OH excluding ortho intramolecular Hbond substituents is 1. The number of rotatable bonds is 5. The fourth-order valence-corrected chi connectivity index (χ4v) is 2.37. The summed E-state index contributed by atoms with van der Waals surface area (Å²) in [5.74, 6) is 0.145. The molecule has 0 amide bonds. The van der Waals surface area contributed by atoms with E-state index in [1.807, 2.05) is 0 Å². The van der Waals surface area contributed by atoms with Crippen LogP contribution in [0.3, 0.4) is 0 Å². The second-order valence-electron chi connectivity index (χ2n) is 5.38. The third-order valence-corrected chi connectivity index (χ3v) is 3.82. The Labute approximate surface area is 154 Å². The molecule has 0 aliphatic rings. The minimum Gasteiger partial charge on any atom is -0.507 e. The molecule has 26 heavy (non-hydrogen) atoms. The van der Waals surface area contributed by atoms with Crippen molar-refractivity contribution in [1.29, 1.82) is 0 Å². The molecule has 7 nitrogen and oxygen atoms in total. The molecule has 1 aromatic heterocycles. The summed E-state index contributed by atoms with van der Waals surface area (Å²) < 4.78 is 15.9. The van der Waals surface area contributed by atoms with Crippen molar-refractivity contribution in [2.75, 3.05) is 7.11 Å². The Hall–Kier alpha value is -3.06. The first-order valence-corrected chi connectivity index (χ1v) is 8.03. The molecule has 0 saturated heterocycles. The number of ether oxygens (including phenoxy) is 2. The highest BCUT2D eigenvalue weighted by molar-refractivity contribution is 6.30. The van der Waals surface area contributed by atoms with Crippen molar-refractivity contribution in [2.24, 2.45) is 0 Å². The Kier molecular flexibility index (Phi) is 5.09. The van der Waals surface area contributed by atoms with Crippen molar-refractivity contribution >= 4 is 17.6 Å². The molecule has 0 aliphatic carbocycles. The fraction of sp³-hybridized carbons (Fsp3) is 0.167.